The molecule has 0 fully saturated rings. The number of carbonyl (C=O) groups is 22. The summed E-state index contributed by atoms with van der Waals surface area (Å²) < 4.78 is 0. The van der Waals surface area contributed by atoms with Crippen molar-refractivity contribution in [3.63, 3.8) is 0 Å². The van der Waals surface area contributed by atoms with Crippen LogP contribution in [0.5, 0.6) is 5.75 Å². The lowest BCUT2D eigenvalue weighted by Gasteiger charge is -2.28. The fraction of sp³-hybridized carbons (Fsp3) is 0.600. The third-order valence-electron chi connectivity index (χ3n) is 17.2. The van der Waals surface area contributed by atoms with Gasteiger partial charge in [0.2, 0.25) is 88.6 Å². The van der Waals surface area contributed by atoms with E-state index in [1.807, 2.05) is 5.32 Å². The summed E-state index contributed by atoms with van der Waals surface area (Å²) in [5.41, 5.74) is 16.5. The number of phenols is 1. The predicted molar refractivity (Wildman–Crippen MR) is 396 cm³/mol. The number of hydrogen-bond donors (Lipinski definition) is 24. The first-order valence-corrected chi connectivity index (χ1v) is 36.5. The Hall–Kier alpha value is -12.7. The molecule has 0 aromatic heterocycles. The fourth-order valence-electron chi connectivity index (χ4n) is 10.7. The maximum atomic E-state index is 14.6. The topological polar surface area (TPSA) is 772 Å². The van der Waals surface area contributed by atoms with Gasteiger partial charge in [-0.15, -0.1) is 0 Å². The molecule has 0 heterocycles. The molecule has 15 amide bonds. The van der Waals surface area contributed by atoms with Crippen LogP contribution in [-0.4, -0.2) is 256 Å². The third-order valence-corrected chi connectivity index (χ3v) is 17.2. The summed E-state index contributed by atoms with van der Waals surface area (Å²) >= 11 is 0. The van der Waals surface area contributed by atoms with Gasteiger partial charge in [-0.3, -0.25) is 101 Å². The van der Waals surface area contributed by atoms with Crippen LogP contribution in [0, 0.1) is 17.8 Å². The van der Waals surface area contributed by atoms with Gasteiger partial charge in [-0.1, -0.05) is 60.1 Å². The molecule has 15 atom stereocenters. The number of carboxylic acid groups (broad SMARTS) is 7. The average molecular weight is 1650 g/mol. The normalized spacial score (nSPS) is 14.9. The van der Waals surface area contributed by atoms with E-state index in [1.165, 1.54) is 19.1 Å². The van der Waals surface area contributed by atoms with E-state index in [1.54, 1.807) is 34.6 Å². The van der Waals surface area contributed by atoms with Crippen molar-refractivity contribution in [2.45, 2.75) is 249 Å². The van der Waals surface area contributed by atoms with Crippen molar-refractivity contribution in [3.05, 3.63) is 29.8 Å². The van der Waals surface area contributed by atoms with Gasteiger partial charge in [0.05, 0.1) is 25.3 Å². The minimum atomic E-state index is -2.23. The molecule has 46 heteroatoms. The Labute approximate surface area is 663 Å². The zero-order valence-electron chi connectivity index (χ0n) is 64.9. The maximum Gasteiger partial charge on any atom is 0.326 e. The molecule has 1 aromatic carbocycles. The van der Waals surface area contributed by atoms with Crippen LogP contribution in [0.2, 0.25) is 0 Å². The molecule has 0 saturated carbocycles. The first-order chi connectivity index (χ1) is 53.9. The van der Waals surface area contributed by atoms with Crippen LogP contribution >= 0.6 is 0 Å². The third kappa shape index (κ3) is 39.7. The second-order valence-corrected chi connectivity index (χ2v) is 28.1. The lowest BCUT2D eigenvalue weighted by Crippen LogP contribution is -2.61. The number of phenolic OH excluding ortho intramolecular Hbond substituents is 1. The van der Waals surface area contributed by atoms with Crippen LogP contribution in [0.25, 0.3) is 0 Å². The molecular formula is C70H106N16O30. The van der Waals surface area contributed by atoms with Gasteiger partial charge in [0, 0.05) is 38.5 Å². The van der Waals surface area contributed by atoms with Crippen LogP contribution in [-0.2, 0) is 112 Å². The molecule has 0 bridgehead atoms. The molecule has 0 saturated heterocycles. The van der Waals surface area contributed by atoms with E-state index >= 15 is 0 Å². The lowest BCUT2D eigenvalue weighted by atomic mass is 9.97. The molecule has 46 nitrogen and oxygen atoms in total. The van der Waals surface area contributed by atoms with E-state index < -0.39 is 316 Å². The van der Waals surface area contributed by atoms with E-state index in [4.69, 9.17) is 22.3 Å². The van der Waals surface area contributed by atoms with Gasteiger partial charge in [-0.05, 0) is 94.2 Å². The summed E-state index contributed by atoms with van der Waals surface area (Å²) in [5, 5.41) is 106. The molecule has 646 valence electrons. The van der Waals surface area contributed by atoms with E-state index in [-0.39, 0.29) is 37.0 Å². The van der Waals surface area contributed by atoms with Gasteiger partial charge in [0.15, 0.2) is 0 Å². The van der Waals surface area contributed by atoms with Gasteiger partial charge >= 0.3 is 41.8 Å². The SMILES string of the molecule is CC[C@H](C)[C@H](NC(=O)[C@@H](N)CCC(=O)O)C(=O)N[C@@H](CC(=O)O)C(=O)N[C@@H](C)C(=O)N[C@@H](CC(C)C)C(=O)N[C@@H](CCC(=O)O)C(=O)N[C@@H](Cc1ccc(O)cc1)C(=O)N[C@@H](CCC(=O)O)C(=O)N[C@@H](CC(N)=O)C(=O)N[C@@H](CC(=O)O)C(=O)N[C@@H](C)C(=O)N[C@@H](CC(C)C)C(=O)N[C@@H](CCC(=O)O)C(=O)N[C@@H](CCC(N)=O)C(=O)O. The summed E-state index contributed by atoms with van der Waals surface area (Å²) in [6.07, 6.45) is -11.0. The number of primary amides is 2. The number of nitrogens with one attached hydrogen (secondary N) is 13. The van der Waals surface area contributed by atoms with Crippen molar-refractivity contribution in [1.29, 1.82) is 0 Å². The number of nitrogens with two attached hydrogens (primary N) is 3. The fourth-order valence-corrected chi connectivity index (χ4v) is 10.7. The Balaban J connectivity index is 3.72. The van der Waals surface area contributed by atoms with E-state index in [9.17, 15) is 141 Å². The van der Waals surface area contributed by atoms with Crippen molar-refractivity contribution in [2.75, 3.05) is 0 Å². The molecule has 0 unspecified atom stereocenters. The molecule has 1 rings (SSSR count). The summed E-state index contributed by atoms with van der Waals surface area (Å²) in [7, 11) is 0. The summed E-state index contributed by atoms with van der Waals surface area (Å²) in [5.74, 6) is -31.3. The summed E-state index contributed by atoms with van der Waals surface area (Å²) in [4.78, 5) is 287. The van der Waals surface area contributed by atoms with Crippen molar-refractivity contribution < 1.29 is 146 Å². The number of hydrogen-bond acceptors (Lipinski definition) is 24. The van der Waals surface area contributed by atoms with Crippen LogP contribution in [0.15, 0.2) is 24.3 Å². The Bertz CT molecular complexity index is 3730. The molecule has 0 radical (unpaired) electrons. The van der Waals surface area contributed by atoms with E-state index in [0.29, 0.717) is 0 Å². The first kappa shape index (κ1) is 101. The molecular weight excluding hydrogens is 1540 g/mol. The largest absolute Gasteiger partial charge is 0.508 e. The minimum absolute atomic E-state index is 0.139. The minimum Gasteiger partial charge on any atom is -0.508 e. The molecule has 0 spiro atoms. The van der Waals surface area contributed by atoms with Crippen molar-refractivity contribution in [2.24, 2.45) is 35.0 Å². The number of benzene rings is 1. The van der Waals surface area contributed by atoms with Gasteiger partial charge in [-0.25, -0.2) is 4.79 Å². The predicted octanol–water partition coefficient (Wildman–Crippen LogP) is -6.62. The van der Waals surface area contributed by atoms with Gasteiger partial charge in [-0.2, -0.15) is 0 Å². The highest BCUT2D eigenvalue weighted by atomic mass is 16.4. The quantitative estimate of drug-likeness (QED) is 0.0288. The molecule has 0 aliphatic carbocycles. The van der Waals surface area contributed by atoms with Crippen molar-refractivity contribution >= 4 is 130 Å². The number of amides is 15. The molecule has 27 N–H and O–H groups in total. The highest BCUT2D eigenvalue weighted by molar-refractivity contribution is 6.02. The zero-order chi connectivity index (χ0) is 88.7. The van der Waals surface area contributed by atoms with Gasteiger partial charge < -0.3 is 127 Å². The van der Waals surface area contributed by atoms with Crippen LogP contribution in [0.3, 0.4) is 0 Å². The van der Waals surface area contributed by atoms with Gasteiger partial charge in [0.1, 0.15) is 84.3 Å². The lowest BCUT2D eigenvalue weighted by molar-refractivity contribution is -0.143. The van der Waals surface area contributed by atoms with Crippen molar-refractivity contribution in [3.8, 4) is 5.75 Å². The number of aromatic hydroxyl groups is 1. The van der Waals surface area contributed by atoms with Crippen molar-refractivity contribution in [1.82, 2.24) is 69.1 Å². The van der Waals surface area contributed by atoms with E-state index in [0.717, 1.165) is 26.0 Å². The second-order valence-electron chi connectivity index (χ2n) is 28.1. The Morgan fingerprint density at radius 3 is 0.966 bits per heavy atom. The van der Waals surface area contributed by atoms with Crippen LogP contribution in [0.1, 0.15) is 164 Å². The summed E-state index contributed by atoms with van der Waals surface area (Å²) in [6.45, 7) is 11.6. The second kappa shape index (κ2) is 50.4. The molecule has 116 heavy (non-hydrogen) atoms. The first-order valence-electron chi connectivity index (χ1n) is 36.5. The van der Waals surface area contributed by atoms with E-state index in [2.05, 4.69) is 63.8 Å². The molecule has 0 aliphatic rings. The standard InChI is InChI=1S/C70H106N16O30/c1-9-32(6)56(86-59(104)37(71)14-20-50(90)91)69(114)85-47(29-55(100)101)64(109)75-34(8)58(103)81-43(25-31(4)5)66(111)77-39(17-22-52(94)95)61(106)82-44(26-35-10-12-36(87)13-11-35)67(112)78-40(18-23-53(96)97)62(107)83-45(27-49(73)89)68(113)84-46(28-54(98)99)63(108)74-33(7)57(102)80-42(24-30(2)3)65(110)76-38(16-21-51(92)93)60(105)79-41(70(115)116)15-19-48(72)88/h10-13,30-34,37-47,56,87H,9,14-29,71H2,1-8H3,(H2,72,88)(H2,73,89)(H,74,108)(H,75,109)(H,76,110)(H,77,111)(H,78,112)(H,79,105)(H,80,102)(H,81,103)(H,82,106)(H,83,107)(H,84,113)(H,85,114)(H,86,104)(H,90,91)(H,92,93)(H,94,95)(H,96,97)(H,98,99)(H,100,101)(H,115,116)/t32-,33-,34-,37-,38-,39-,40-,41-,42-,43-,44-,45-,46-,47-,56-/m0/s1. The highest BCUT2D eigenvalue weighted by Gasteiger charge is 2.39. The van der Waals surface area contributed by atoms with Crippen LogP contribution < -0.4 is 86.3 Å². The monoisotopic (exact) mass is 1650 g/mol. The van der Waals surface area contributed by atoms with Gasteiger partial charge in [0.25, 0.3) is 0 Å². The smallest absolute Gasteiger partial charge is 0.326 e. The Kier molecular flexibility index (Phi) is 44.1. The Morgan fingerprint density at radius 1 is 0.319 bits per heavy atom. The number of carbonyl (C=O) groups excluding carboxylic acids is 15. The maximum absolute atomic E-state index is 14.6. The highest BCUT2D eigenvalue weighted by Crippen LogP contribution is 2.17. The molecule has 0 aliphatic heterocycles. The van der Waals surface area contributed by atoms with Crippen LogP contribution in [0.4, 0.5) is 0 Å². The Morgan fingerprint density at radius 2 is 0.621 bits per heavy atom. The average Bonchev–Trinajstić information content (AvgIpc) is 0.852. The zero-order valence-corrected chi connectivity index (χ0v) is 64.9. The summed E-state index contributed by atoms with van der Waals surface area (Å²) in [6, 6.07) is -20.5. The molecule has 1 aromatic rings. The number of aliphatic carboxylic acids is 7. The number of carboxylic acids is 7. The number of rotatable bonds is 56.